The van der Waals surface area contributed by atoms with Gasteiger partial charge in [0.1, 0.15) is 6.04 Å². The minimum absolute atomic E-state index is 0.0170. The Morgan fingerprint density at radius 2 is 1.96 bits per heavy atom. The number of rotatable bonds is 7. The Kier molecular flexibility index (Phi) is 6.85. The van der Waals surface area contributed by atoms with Crippen molar-refractivity contribution in [2.24, 2.45) is 5.92 Å². The van der Waals surface area contributed by atoms with Gasteiger partial charge in [0.25, 0.3) is 0 Å². The molecule has 0 saturated carbocycles. The molecule has 0 aromatic heterocycles. The number of amides is 1. The summed E-state index contributed by atoms with van der Waals surface area (Å²) < 4.78 is 26.5. The highest BCUT2D eigenvalue weighted by molar-refractivity contribution is 7.89. The van der Waals surface area contributed by atoms with Gasteiger partial charge in [-0.3, -0.25) is 4.79 Å². The number of sulfonamides is 1. The maximum atomic E-state index is 12.9. The van der Waals surface area contributed by atoms with Crippen LogP contribution in [0.15, 0.2) is 0 Å². The second kappa shape index (κ2) is 8.44. The fourth-order valence-electron chi connectivity index (χ4n) is 3.70. The second-order valence-corrected chi connectivity index (χ2v) is 8.83. The zero-order chi connectivity index (χ0) is 16.9. The lowest BCUT2D eigenvalue weighted by Crippen LogP contribution is -2.51. The Morgan fingerprint density at radius 1 is 1.22 bits per heavy atom. The second-order valence-electron chi connectivity index (χ2n) is 6.79. The number of carbonyl (C=O) groups is 1. The van der Waals surface area contributed by atoms with Crippen molar-refractivity contribution in [3.63, 3.8) is 0 Å². The van der Waals surface area contributed by atoms with Crippen molar-refractivity contribution >= 4 is 15.9 Å². The van der Waals surface area contributed by atoms with E-state index >= 15 is 0 Å². The molecule has 7 heteroatoms. The molecule has 0 radical (unpaired) electrons. The van der Waals surface area contributed by atoms with E-state index in [1.165, 1.54) is 4.31 Å². The summed E-state index contributed by atoms with van der Waals surface area (Å²) in [5, 5.41) is 3.18. The third-order valence-electron chi connectivity index (χ3n) is 4.93. The van der Waals surface area contributed by atoms with Crippen LogP contribution in [0.5, 0.6) is 0 Å². The maximum absolute atomic E-state index is 12.9. The number of unbranched alkanes of at least 4 members (excludes halogenated alkanes) is 1. The summed E-state index contributed by atoms with van der Waals surface area (Å²) in [6.45, 7) is 4.90. The SMILES string of the molecule is CCCCS(=O)(=O)N1CCCC1C(=O)N1CCCC(CNC)C1. The van der Waals surface area contributed by atoms with Crippen molar-refractivity contribution in [2.75, 3.05) is 39.0 Å². The van der Waals surface area contributed by atoms with Gasteiger partial charge in [-0.15, -0.1) is 0 Å². The van der Waals surface area contributed by atoms with Crippen molar-refractivity contribution in [1.82, 2.24) is 14.5 Å². The van der Waals surface area contributed by atoms with Gasteiger partial charge >= 0.3 is 0 Å². The summed E-state index contributed by atoms with van der Waals surface area (Å²) >= 11 is 0. The van der Waals surface area contributed by atoms with Gasteiger partial charge in [-0.1, -0.05) is 13.3 Å². The molecule has 0 aromatic rings. The van der Waals surface area contributed by atoms with Gasteiger partial charge < -0.3 is 10.2 Å². The van der Waals surface area contributed by atoms with E-state index < -0.39 is 16.1 Å². The number of nitrogens with zero attached hydrogens (tertiary/aromatic N) is 2. The molecule has 23 heavy (non-hydrogen) atoms. The van der Waals surface area contributed by atoms with E-state index in [4.69, 9.17) is 0 Å². The van der Waals surface area contributed by atoms with Crippen molar-refractivity contribution in [2.45, 2.75) is 51.5 Å². The third kappa shape index (κ3) is 4.67. The van der Waals surface area contributed by atoms with Crippen LogP contribution in [0.1, 0.15) is 45.4 Å². The Balaban J connectivity index is 2.02. The molecule has 1 N–H and O–H groups in total. The van der Waals surface area contributed by atoms with Gasteiger partial charge in [-0.05, 0) is 51.6 Å². The molecule has 2 aliphatic heterocycles. The van der Waals surface area contributed by atoms with E-state index in [1.54, 1.807) is 0 Å². The molecule has 2 fully saturated rings. The minimum atomic E-state index is -3.31. The Bertz CT molecular complexity index is 493. The maximum Gasteiger partial charge on any atom is 0.241 e. The molecule has 2 atom stereocenters. The first kappa shape index (κ1) is 18.7. The summed E-state index contributed by atoms with van der Waals surface area (Å²) in [5.41, 5.74) is 0. The van der Waals surface area contributed by atoms with Crippen molar-refractivity contribution in [3.8, 4) is 0 Å². The van der Waals surface area contributed by atoms with Crippen molar-refractivity contribution in [1.29, 1.82) is 0 Å². The van der Waals surface area contributed by atoms with Crippen LogP contribution in [-0.2, 0) is 14.8 Å². The molecular formula is C16H31N3O3S. The van der Waals surface area contributed by atoms with Crippen molar-refractivity contribution in [3.05, 3.63) is 0 Å². The molecule has 0 aromatic carbocycles. The van der Waals surface area contributed by atoms with E-state index in [0.717, 1.165) is 45.3 Å². The highest BCUT2D eigenvalue weighted by Crippen LogP contribution is 2.26. The van der Waals surface area contributed by atoms with Gasteiger partial charge in [-0.25, -0.2) is 8.42 Å². The molecule has 2 saturated heterocycles. The standard InChI is InChI=1S/C16H31N3O3S/c1-3-4-11-23(21,22)19-10-6-8-15(19)16(20)18-9-5-7-14(13-18)12-17-2/h14-15,17H,3-13H2,1-2H3. The van der Waals surface area contributed by atoms with Gasteiger partial charge in [0.15, 0.2) is 0 Å². The number of carbonyl (C=O) groups excluding carboxylic acids is 1. The quantitative estimate of drug-likeness (QED) is 0.748. The fourth-order valence-corrected chi connectivity index (χ4v) is 5.57. The van der Waals surface area contributed by atoms with Crippen LogP contribution in [0.4, 0.5) is 0 Å². The fraction of sp³-hybridized carbons (Fsp3) is 0.938. The molecule has 134 valence electrons. The van der Waals surface area contributed by atoms with Gasteiger partial charge in [0.05, 0.1) is 5.75 Å². The first-order valence-corrected chi connectivity index (χ1v) is 10.5. The highest BCUT2D eigenvalue weighted by Gasteiger charge is 2.40. The molecule has 2 aliphatic rings. The van der Waals surface area contributed by atoms with Crippen LogP contribution < -0.4 is 5.32 Å². The summed E-state index contributed by atoms with van der Waals surface area (Å²) in [4.78, 5) is 14.8. The van der Waals surface area contributed by atoms with E-state index in [0.29, 0.717) is 25.3 Å². The normalized spacial score (nSPS) is 26.6. The molecule has 2 unspecified atom stereocenters. The molecular weight excluding hydrogens is 314 g/mol. The highest BCUT2D eigenvalue weighted by atomic mass is 32.2. The summed E-state index contributed by atoms with van der Waals surface area (Å²) in [6.07, 6.45) is 5.10. The lowest BCUT2D eigenvalue weighted by atomic mass is 9.97. The molecule has 0 bridgehead atoms. The number of likely N-dealkylation sites (tertiary alicyclic amines) is 1. The van der Waals surface area contributed by atoms with Gasteiger partial charge in [-0.2, -0.15) is 4.31 Å². The first-order chi connectivity index (χ1) is 11.0. The van der Waals surface area contributed by atoms with Crippen LogP contribution in [0.2, 0.25) is 0 Å². The molecule has 2 heterocycles. The van der Waals surface area contributed by atoms with E-state index in [-0.39, 0.29) is 11.7 Å². The predicted octanol–water partition coefficient (Wildman–Crippen LogP) is 1.04. The minimum Gasteiger partial charge on any atom is -0.341 e. The summed E-state index contributed by atoms with van der Waals surface area (Å²) in [7, 11) is -1.37. The van der Waals surface area contributed by atoms with Gasteiger partial charge in [0, 0.05) is 19.6 Å². The largest absolute Gasteiger partial charge is 0.341 e. The first-order valence-electron chi connectivity index (χ1n) is 8.92. The van der Waals surface area contributed by atoms with Crippen LogP contribution in [0.25, 0.3) is 0 Å². The lowest BCUT2D eigenvalue weighted by Gasteiger charge is -2.36. The van der Waals surface area contributed by atoms with E-state index in [2.05, 4.69) is 5.32 Å². The molecule has 2 rings (SSSR count). The smallest absolute Gasteiger partial charge is 0.241 e. The average Bonchev–Trinajstić information content (AvgIpc) is 3.03. The predicted molar refractivity (Wildman–Crippen MR) is 91.7 cm³/mol. The average molecular weight is 346 g/mol. The van der Waals surface area contributed by atoms with E-state index in [9.17, 15) is 13.2 Å². The zero-order valence-electron chi connectivity index (χ0n) is 14.5. The Labute approximate surface area is 140 Å². The van der Waals surface area contributed by atoms with Crippen molar-refractivity contribution < 1.29 is 13.2 Å². The number of hydrogen-bond acceptors (Lipinski definition) is 4. The van der Waals surface area contributed by atoms with E-state index in [1.807, 2.05) is 18.9 Å². The summed E-state index contributed by atoms with van der Waals surface area (Å²) in [6, 6.07) is -0.467. The van der Waals surface area contributed by atoms with Crippen LogP contribution >= 0.6 is 0 Å². The van der Waals surface area contributed by atoms with Crippen LogP contribution in [-0.4, -0.2) is 68.6 Å². The molecule has 0 spiro atoms. The van der Waals surface area contributed by atoms with Gasteiger partial charge in [0.2, 0.25) is 15.9 Å². The monoisotopic (exact) mass is 345 g/mol. The number of hydrogen-bond donors (Lipinski definition) is 1. The zero-order valence-corrected chi connectivity index (χ0v) is 15.3. The molecule has 0 aliphatic carbocycles. The number of piperidine rings is 1. The van der Waals surface area contributed by atoms with Crippen LogP contribution in [0.3, 0.4) is 0 Å². The molecule has 1 amide bonds. The third-order valence-corrected chi connectivity index (χ3v) is 6.88. The summed E-state index contributed by atoms with van der Waals surface area (Å²) in [5.74, 6) is 0.656. The molecule has 6 nitrogen and oxygen atoms in total. The van der Waals surface area contributed by atoms with Crippen LogP contribution in [0, 0.1) is 5.92 Å². The Morgan fingerprint density at radius 3 is 2.65 bits per heavy atom. The number of nitrogens with one attached hydrogen (secondary N) is 1. The Hall–Kier alpha value is -0.660. The topological polar surface area (TPSA) is 69.7 Å². The lowest BCUT2D eigenvalue weighted by molar-refractivity contribution is -0.136.